The van der Waals surface area contributed by atoms with Crippen LogP contribution >= 0.6 is 0 Å². The third-order valence-electron chi connectivity index (χ3n) is 8.49. The third-order valence-corrected chi connectivity index (χ3v) is 8.49. The second-order valence-electron chi connectivity index (χ2n) is 11.5. The Bertz CT molecular complexity index is 1390. The average molecular weight is 529 g/mol. The zero-order valence-electron chi connectivity index (χ0n) is 23.0. The molecule has 0 aliphatic heterocycles. The second-order valence-corrected chi connectivity index (χ2v) is 11.5. The molecule has 0 aromatic heterocycles. The van der Waals surface area contributed by atoms with Crippen LogP contribution in [0.2, 0.25) is 0 Å². The number of carboxylic acids is 1. The molecule has 2 aliphatic rings. The SMILES string of the molecule is COc1ccc(F)c(-c2ccc(COc3cccc([C@H](CC(=O)O)C4CCC4)c3)cc2C2=CCCC2(C)C)c1. The number of allylic oxidation sites excluding steroid dienone is 2. The van der Waals surface area contributed by atoms with Crippen molar-refractivity contribution >= 4 is 11.5 Å². The van der Waals surface area contributed by atoms with Gasteiger partial charge in [-0.3, -0.25) is 4.79 Å². The molecular weight excluding hydrogens is 491 g/mol. The summed E-state index contributed by atoms with van der Waals surface area (Å²) in [5.74, 6) is 0.741. The Hall–Kier alpha value is -3.60. The lowest BCUT2D eigenvalue weighted by Gasteiger charge is -2.33. The number of ether oxygens (including phenoxy) is 2. The quantitative estimate of drug-likeness (QED) is 0.286. The lowest BCUT2D eigenvalue weighted by Crippen LogP contribution is -2.22. The van der Waals surface area contributed by atoms with Crippen LogP contribution in [0.4, 0.5) is 4.39 Å². The first-order valence-corrected chi connectivity index (χ1v) is 13.9. The smallest absolute Gasteiger partial charge is 0.303 e. The highest BCUT2D eigenvalue weighted by Crippen LogP contribution is 2.47. The second kappa shape index (κ2) is 11.3. The summed E-state index contributed by atoms with van der Waals surface area (Å²) in [6, 6.07) is 18.8. The zero-order valence-corrected chi connectivity index (χ0v) is 23.0. The van der Waals surface area contributed by atoms with Crippen molar-refractivity contribution in [2.45, 2.75) is 64.9 Å². The monoisotopic (exact) mass is 528 g/mol. The summed E-state index contributed by atoms with van der Waals surface area (Å²) in [7, 11) is 1.59. The van der Waals surface area contributed by atoms with Crippen LogP contribution in [0.15, 0.2) is 66.7 Å². The fraction of sp³-hybridized carbons (Fsp3) is 0.382. The number of aliphatic carboxylic acids is 1. The molecule has 5 rings (SSSR count). The maximum Gasteiger partial charge on any atom is 0.303 e. The molecule has 204 valence electrons. The molecule has 3 aromatic rings. The Balaban J connectivity index is 1.43. The minimum absolute atomic E-state index is 0.0139. The van der Waals surface area contributed by atoms with Crippen LogP contribution in [-0.4, -0.2) is 18.2 Å². The highest BCUT2D eigenvalue weighted by Gasteiger charge is 2.31. The van der Waals surface area contributed by atoms with Crippen molar-refractivity contribution in [1.29, 1.82) is 0 Å². The molecule has 5 heteroatoms. The molecule has 0 saturated heterocycles. The van der Waals surface area contributed by atoms with Gasteiger partial charge in [0, 0.05) is 5.56 Å². The van der Waals surface area contributed by atoms with Gasteiger partial charge in [-0.1, -0.05) is 50.6 Å². The fourth-order valence-corrected chi connectivity index (χ4v) is 6.03. The molecule has 1 fully saturated rings. The molecule has 0 spiro atoms. The summed E-state index contributed by atoms with van der Waals surface area (Å²) < 4.78 is 26.7. The van der Waals surface area contributed by atoms with E-state index in [9.17, 15) is 9.90 Å². The molecule has 3 aromatic carbocycles. The molecule has 0 amide bonds. The van der Waals surface area contributed by atoms with Crippen LogP contribution in [0.1, 0.15) is 75.0 Å². The maximum atomic E-state index is 15.1. The van der Waals surface area contributed by atoms with Crippen molar-refractivity contribution in [3.05, 3.63) is 89.2 Å². The van der Waals surface area contributed by atoms with E-state index in [1.165, 1.54) is 18.1 Å². The van der Waals surface area contributed by atoms with E-state index >= 15 is 4.39 Å². The van der Waals surface area contributed by atoms with Crippen LogP contribution in [0.25, 0.3) is 16.7 Å². The third kappa shape index (κ3) is 5.88. The van der Waals surface area contributed by atoms with Crippen LogP contribution in [0, 0.1) is 17.2 Å². The number of halogens is 1. The summed E-state index contributed by atoms with van der Waals surface area (Å²) in [5, 5.41) is 9.47. The first kappa shape index (κ1) is 27.0. The van der Waals surface area contributed by atoms with Crippen molar-refractivity contribution in [2.24, 2.45) is 11.3 Å². The normalized spacial score (nSPS) is 17.3. The summed E-state index contributed by atoms with van der Waals surface area (Å²) >= 11 is 0. The van der Waals surface area contributed by atoms with Crippen LogP contribution in [-0.2, 0) is 11.4 Å². The Labute approximate surface area is 230 Å². The number of hydrogen-bond acceptors (Lipinski definition) is 3. The van der Waals surface area contributed by atoms with E-state index in [2.05, 4.69) is 26.0 Å². The van der Waals surface area contributed by atoms with Crippen LogP contribution in [0.5, 0.6) is 11.5 Å². The predicted molar refractivity (Wildman–Crippen MR) is 152 cm³/mol. The molecular formula is C34H37FO4. The number of carbonyl (C=O) groups is 1. The van der Waals surface area contributed by atoms with Gasteiger partial charge in [-0.25, -0.2) is 4.39 Å². The number of methoxy groups -OCH3 is 1. The molecule has 1 N–H and O–H groups in total. The molecule has 1 saturated carbocycles. The largest absolute Gasteiger partial charge is 0.497 e. The number of benzene rings is 3. The molecule has 1 atom stereocenters. The van der Waals surface area contributed by atoms with Gasteiger partial charge in [0.15, 0.2) is 0 Å². The summed E-state index contributed by atoms with van der Waals surface area (Å²) in [6.45, 7) is 4.84. The molecule has 0 heterocycles. The van der Waals surface area contributed by atoms with E-state index in [-0.39, 0.29) is 23.6 Å². The lowest BCUT2D eigenvalue weighted by molar-refractivity contribution is -0.138. The van der Waals surface area contributed by atoms with Crippen LogP contribution < -0.4 is 9.47 Å². The van der Waals surface area contributed by atoms with Gasteiger partial charge in [0.05, 0.1) is 13.5 Å². The number of hydrogen-bond donors (Lipinski definition) is 1. The Kier molecular flexibility index (Phi) is 7.79. The van der Waals surface area contributed by atoms with Gasteiger partial charge in [-0.2, -0.15) is 0 Å². The van der Waals surface area contributed by atoms with E-state index in [1.807, 2.05) is 36.4 Å². The minimum Gasteiger partial charge on any atom is -0.497 e. The van der Waals surface area contributed by atoms with Gasteiger partial charge in [0.25, 0.3) is 0 Å². The molecule has 39 heavy (non-hydrogen) atoms. The van der Waals surface area contributed by atoms with Gasteiger partial charge in [0.2, 0.25) is 0 Å². The van der Waals surface area contributed by atoms with E-state index in [0.29, 0.717) is 23.8 Å². The van der Waals surface area contributed by atoms with E-state index in [4.69, 9.17) is 9.47 Å². The molecule has 0 bridgehead atoms. The van der Waals surface area contributed by atoms with Crippen molar-refractivity contribution in [1.82, 2.24) is 0 Å². The lowest BCUT2D eigenvalue weighted by atomic mass is 9.72. The van der Waals surface area contributed by atoms with Gasteiger partial charge < -0.3 is 14.6 Å². The van der Waals surface area contributed by atoms with E-state index < -0.39 is 5.97 Å². The van der Waals surface area contributed by atoms with Crippen molar-refractivity contribution in [3.8, 4) is 22.6 Å². The Morgan fingerprint density at radius 3 is 2.51 bits per heavy atom. The van der Waals surface area contributed by atoms with E-state index in [1.54, 1.807) is 19.2 Å². The predicted octanol–water partition coefficient (Wildman–Crippen LogP) is 8.64. The first-order chi connectivity index (χ1) is 18.7. The molecule has 4 nitrogen and oxygen atoms in total. The average Bonchev–Trinajstić information content (AvgIpc) is 3.25. The fourth-order valence-electron chi connectivity index (χ4n) is 6.03. The first-order valence-electron chi connectivity index (χ1n) is 13.9. The molecule has 0 unspecified atom stereocenters. The summed E-state index contributed by atoms with van der Waals surface area (Å²) in [6.07, 6.45) is 7.79. The Morgan fingerprint density at radius 1 is 1.03 bits per heavy atom. The van der Waals surface area contributed by atoms with Gasteiger partial charge in [-0.15, -0.1) is 0 Å². The van der Waals surface area contributed by atoms with Gasteiger partial charge in [-0.05, 0) is 107 Å². The number of carboxylic acid groups (broad SMARTS) is 1. The zero-order chi connectivity index (χ0) is 27.6. The minimum atomic E-state index is -0.762. The Morgan fingerprint density at radius 2 is 1.85 bits per heavy atom. The molecule has 2 aliphatic carbocycles. The van der Waals surface area contributed by atoms with Gasteiger partial charge >= 0.3 is 5.97 Å². The highest BCUT2D eigenvalue weighted by molar-refractivity contribution is 5.85. The van der Waals surface area contributed by atoms with Crippen molar-refractivity contribution in [2.75, 3.05) is 7.11 Å². The van der Waals surface area contributed by atoms with Gasteiger partial charge in [0.1, 0.15) is 23.9 Å². The summed E-state index contributed by atoms with van der Waals surface area (Å²) in [5.41, 5.74) is 5.61. The maximum absolute atomic E-state index is 15.1. The topological polar surface area (TPSA) is 55.8 Å². The standard InChI is InChI=1S/C34H37FO4/c1-34(2)16-6-11-31(34)29-17-22(12-14-27(29)30-19-25(38-3)13-15-32(30)35)21-39-26-10-5-9-24(18-26)28(20-33(36)37)23-7-4-8-23/h5,9-15,17-19,23,28H,4,6-8,16,20-21H2,1-3H3,(H,36,37)/t28-/m1/s1. The number of rotatable bonds is 10. The molecule has 0 radical (unpaired) electrons. The van der Waals surface area contributed by atoms with E-state index in [0.717, 1.165) is 53.7 Å². The van der Waals surface area contributed by atoms with Crippen molar-refractivity contribution in [3.63, 3.8) is 0 Å². The van der Waals surface area contributed by atoms with Crippen molar-refractivity contribution < 1.29 is 23.8 Å². The highest BCUT2D eigenvalue weighted by atomic mass is 19.1. The van der Waals surface area contributed by atoms with Crippen LogP contribution in [0.3, 0.4) is 0 Å². The summed E-state index contributed by atoms with van der Waals surface area (Å²) in [4.78, 5) is 11.5.